The Labute approximate surface area is 60.2 Å². The van der Waals surface area contributed by atoms with E-state index in [2.05, 4.69) is 0 Å². The van der Waals surface area contributed by atoms with E-state index in [1.165, 1.54) is 0 Å². The third kappa shape index (κ3) is 103000. The van der Waals surface area contributed by atoms with Gasteiger partial charge >= 0.3 is 34.4 Å². The zero-order valence-electron chi connectivity index (χ0n) is 5.39. The first-order chi connectivity index (χ1) is 4.18. The second-order valence-corrected chi connectivity index (χ2v) is 3.53. The van der Waals surface area contributed by atoms with E-state index in [1.54, 1.807) is 0 Å². The molecule has 0 bridgehead atoms. The second kappa shape index (κ2) is 2.54. The molecule has 0 spiro atoms. The van der Waals surface area contributed by atoms with E-state index >= 15 is 0 Å². The molecular formula is H2F6O3PS-. The molecule has 0 aliphatic heterocycles. The Morgan fingerprint density at radius 2 is 1.18 bits per heavy atom. The normalized spacial score (nSPS) is 20.4. The van der Waals surface area contributed by atoms with Crippen LogP contribution in [0.1, 0.15) is 1.43 Å². The van der Waals surface area contributed by atoms with Crippen LogP contribution in [0.15, 0.2) is 0 Å². The molecule has 1 atom stereocenters. The summed E-state index contributed by atoms with van der Waals surface area (Å²) in [4.78, 5) is 0. The third-order valence-corrected chi connectivity index (χ3v) is 0. The SMILES string of the molecule is F[P-](F)(F)(F)(F)F.O=S([O-])O.[H+]. The maximum atomic E-state index is 9.87. The van der Waals surface area contributed by atoms with Gasteiger partial charge in [0, 0.05) is 0 Å². The van der Waals surface area contributed by atoms with Crippen molar-refractivity contribution in [2.75, 3.05) is 0 Å². The maximum Gasteiger partial charge on any atom is 1.00 e. The summed E-state index contributed by atoms with van der Waals surface area (Å²) < 4.78 is 83.3. The fourth-order valence-electron chi connectivity index (χ4n) is 0. The fourth-order valence-corrected chi connectivity index (χ4v) is 0. The monoisotopic (exact) mass is 227 g/mol. The maximum absolute atomic E-state index is 10.7. The summed E-state index contributed by atoms with van der Waals surface area (Å²) in [6.07, 6.45) is 0. The van der Waals surface area contributed by atoms with Crippen molar-refractivity contribution in [3.8, 4) is 0 Å². The molecule has 3 nitrogen and oxygen atoms in total. The minimum Gasteiger partial charge on any atom is -0.750 e. The summed E-state index contributed by atoms with van der Waals surface area (Å²) in [5.41, 5.74) is 0. The Kier molecular flexibility index (Phi) is 3.16. The predicted molar refractivity (Wildman–Crippen MR) is 26.2 cm³/mol. The standard InChI is InChI=1S/F6P.H2O3S/c1-7(2,3,4,5)6;1-4(2)3/h;(H2,1,2,3)/q-1;. The first kappa shape index (κ1) is 13.7. The van der Waals surface area contributed by atoms with E-state index in [0.29, 0.717) is 0 Å². The van der Waals surface area contributed by atoms with Crippen LogP contribution in [0.3, 0.4) is 0 Å². The Bertz CT molecular complexity index is 141. The van der Waals surface area contributed by atoms with Crippen LogP contribution in [0.4, 0.5) is 25.2 Å². The van der Waals surface area contributed by atoms with Crippen molar-refractivity contribution in [1.82, 2.24) is 0 Å². The number of hydrogen-bond donors (Lipinski definition) is 1. The van der Waals surface area contributed by atoms with Crippen LogP contribution in [0.25, 0.3) is 0 Å². The molecule has 0 aliphatic carbocycles. The van der Waals surface area contributed by atoms with Crippen molar-refractivity contribution < 1.29 is 39.9 Å². The van der Waals surface area contributed by atoms with Crippen LogP contribution < -0.4 is 0 Å². The molecule has 0 amide bonds. The van der Waals surface area contributed by atoms with Gasteiger partial charge in [-0.25, -0.2) is 4.21 Å². The topological polar surface area (TPSA) is 60.4 Å². The Morgan fingerprint density at radius 1 is 1.18 bits per heavy atom. The van der Waals surface area contributed by atoms with E-state index in [0.717, 1.165) is 0 Å². The average molecular weight is 227 g/mol. The summed E-state index contributed by atoms with van der Waals surface area (Å²) in [5.74, 6) is 0. The van der Waals surface area contributed by atoms with Crippen molar-refractivity contribution in [2.24, 2.45) is 0 Å². The van der Waals surface area contributed by atoms with Crippen LogP contribution in [0.2, 0.25) is 0 Å². The van der Waals surface area contributed by atoms with Gasteiger partial charge in [0.25, 0.3) is 0 Å². The molecule has 0 aliphatic rings. The third-order valence-electron chi connectivity index (χ3n) is 0. The van der Waals surface area contributed by atoms with Gasteiger partial charge in [-0.05, 0) is 0 Å². The molecule has 0 heterocycles. The van der Waals surface area contributed by atoms with Gasteiger partial charge in [0.05, 0.1) is 11.4 Å². The molecule has 0 aromatic rings. The van der Waals surface area contributed by atoms with Gasteiger partial charge in [-0.1, -0.05) is 0 Å². The number of rotatable bonds is 0. The Morgan fingerprint density at radius 3 is 1.18 bits per heavy atom. The Hall–Kier alpha value is 0.0800. The summed E-state index contributed by atoms with van der Waals surface area (Å²) in [7, 11) is -10.7. The van der Waals surface area contributed by atoms with Crippen molar-refractivity contribution in [2.45, 2.75) is 0 Å². The van der Waals surface area contributed by atoms with Crippen LogP contribution in [0, 0.1) is 0 Å². The summed E-state index contributed by atoms with van der Waals surface area (Å²) in [5, 5.41) is 0. The molecule has 11 heavy (non-hydrogen) atoms. The number of halogens is 6. The van der Waals surface area contributed by atoms with E-state index in [4.69, 9.17) is 13.3 Å². The largest absolute Gasteiger partial charge is 1.00 e. The molecule has 11 heteroatoms. The molecule has 0 saturated heterocycles. The van der Waals surface area contributed by atoms with Gasteiger partial charge < -0.3 is 9.11 Å². The minimum absolute atomic E-state index is 0. The van der Waals surface area contributed by atoms with Gasteiger partial charge in [-0.15, -0.1) is 0 Å². The van der Waals surface area contributed by atoms with Crippen LogP contribution in [-0.2, 0) is 11.4 Å². The molecule has 1 unspecified atom stereocenters. The zero-order chi connectivity index (χ0) is 9.99. The van der Waals surface area contributed by atoms with Crippen molar-refractivity contribution >= 4 is 19.2 Å². The smallest absolute Gasteiger partial charge is 0.750 e. The molecule has 1 N–H and O–H groups in total. The van der Waals surface area contributed by atoms with Crippen molar-refractivity contribution in [3.05, 3.63) is 0 Å². The molecule has 0 saturated carbocycles. The summed E-state index contributed by atoms with van der Waals surface area (Å²) in [6.45, 7) is 0. The van der Waals surface area contributed by atoms with Crippen molar-refractivity contribution in [1.29, 1.82) is 0 Å². The van der Waals surface area contributed by atoms with Crippen LogP contribution >= 0.6 is 7.81 Å². The van der Waals surface area contributed by atoms with Gasteiger partial charge in [0.2, 0.25) is 0 Å². The van der Waals surface area contributed by atoms with Crippen molar-refractivity contribution in [3.63, 3.8) is 0 Å². The quantitative estimate of drug-likeness (QED) is 0.393. The van der Waals surface area contributed by atoms with Crippen LogP contribution in [0.5, 0.6) is 0 Å². The molecular weight excluding hydrogens is 225 g/mol. The molecule has 74 valence electrons. The average Bonchev–Trinajstić information content (AvgIpc) is 1.11. The molecule has 0 rings (SSSR count). The van der Waals surface area contributed by atoms with Gasteiger partial charge in [0.1, 0.15) is 0 Å². The van der Waals surface area contributed by atoms with E-state index in [-0.39, 0.29) is 1.43 Å². The van der Waals surface area contributed by atoms with Crippen LogP contribution in [-0.4, -0.2) is 13.3 Å². The van der Waals surface area contributed by atoms with Gasteiger partial charge in [0.15, 0.2) is 0 Å². The second-order valence-electron chi connectivity index (χ2n) is 1.18. The summed E-state index contributed by atoms with van der Waals surface area (Å²) in [6, 6.07) is 0. The van der Waals surface area contributed by atoms with Gasteiger partial charge in [-0.3, -0.25) is 0 Å². The molecule has 0 aromatic carbocycles. The zero-order valence-corrected chi connectivity index (χ0v) is 6.10. The molecule has 0 fully saturated rings. The number of hydrogen-bond acceptors (Lipinski definition) is 2. The predicted octanol–water partition coefficient (Wildman–Crippen LogP) is 2.83. The minimum atomic E-state index is -10.7. The first-order valence-electron chi connectivity index (χ1n) is 1.53. The molecule has 0 radical (unpaired) electrons. The van der Waals surface area contributed by atoms with Gasteiger partial charge in [-0.2, -0.15) is 0 Å². The van der Waals surface area contributed by atoms with E-state index in [1.807, 2.05) is 0 Å². The summed E-state index contributed by atoms with van der Waals surface area (Å²) >= 11 is -2.86. The van der Waals surface area contributed by atoms with E-state index in [9.17, 15) is 25.2 Å². The fraction of sp³-hybridized carbons (Fsp3) is 0. The first-order valence-corrected chi connectivity index (χ1v) is 4.59. The Balaban J connectivity index is -0.000000142. The molecule has 0 aromatic heterocycles. The van der Waals surface area contributed by atoms with E-state index < -0.39 is 19.2 Å².